The summed E-state index contributed by atoms with van der Waals surface area (Å²) >= 11 is -5.10. The van der Waals surface area contributed by atoms with Gasteiger partial charge in [0.25, 0.3) is 0 Å². The van der Waals surface area contributed by atoms with Crippen molar-refractivity contribution in [1.82, 2.24) is 0 Å². The van der Waals surface area contributed by atoms with Crippen molar-refractivity contribution in [2.45, 2.75) is 24.0 Å². The summed E-state index contributed by atoms with van der Waals surface area (Å²) in [7, 11) is 16.3. The van der Waals surface area contributed by atoms with Crippen molar-refractivity contribution in [3.63, 3.8) is 0 Å². The zero-order chi connectivity index (χ0) is 14.5. The molecule has 0 fully saturated rings. The fraction of sp³-hybridized carbons (Fsp3) is 1.00. The molecule has 0 spiro atoms. The van der Waals surface area contributed by atoms with Gasteiger partial charge in [-0.15, -0.1) is 0 Å². The molecule has 0 aromatic rings. The van der Waals surface area contributed by atoms with Crippen molar-refractivity contribution in [3.8, 4) is 0 Å². The summed E-state index contributed by atoms with van der Waals surface area (Å²) in [5.41, 5.74) is 0. The standard InChI is InChI=1S/C4H9.3ClH.Sn/c1-3-4-2;;;;/h1,3-4H2,2H3;3*1H;/q;;;;+3/p-3/i1D2,2D3,3D2,4D2;;;;. The first kappa shape index (κ1) is 2.33. The van der Waals surface area contributed by atoms with E-state index in [2.05, 4.69) is 0 Å². The van der Waals surface area contributed by atoms with E-state index < -0.39 is 39.0 Å². The Morgan fingerprint density at radius 1 is 1.62 bits per heavy atom. The number of hydrogen-bond acceptors (Lipinski definition) is 0. The third kappa shape index (κ3) is 7.67. The predicted octanol–water partition coefficient (Wildman–Crippen LogP) is 3.44. The van der Waals surface area contributed by atoms with Crippen molar-refractivity contribution >= 4 is 41.8 Å². The van der Waals surface area contributed by atoms with Crippen LogP contribution in [-0.4, -0.2) is 15.0 Å². The summed E-state index contributed by atoms with van der Waals surface area (Å²) < 4.78 is 61.8. The van der Waals surface area contributed by atoms with E-state index in [1.807, 2.05) is 0 Å². The molecule has 0 aliphatic carbocycles. The van der Waals surface area contributed by atoms with Gasteiger partial charge in [0.2, 0.25) is 0 Å². The Labute approximate surface area is 78.2 Å². The second kappa shape index (κ2) is 4.48. The molecule has 0 radical (unpaired) electrons. The monoisotopic (exact) mass is 291 g/mol. The molecule has 0 amide bonds. The van der Waals surface area contributed by atoms with E-state index in [1.54, 1.807) is 0 Å². The average molecular weight is 291 g/mol. The van der Waals surface area contributed by atoms with E-state index in [0.29, 0.717) is 0 Å². The third-order valence-electron chi connectivity index (χ3n) is 0.267. The van der Waals surface area contributed by atoms with Crippen LogP contribution in [0.15, 0.2) is 0 Å². The predicted molar refractivity (Wildman–Crippen MR) is 43.0 cm³/mol. The van der Waals surface area contributed by atoms with Crippen LogP contribution in [0.4, 0.5) is 0 Å². The molecule has 8 heavy (non-hydrogen) atoms. The van der Waals surface area contributed by atoms with Crippen LogP contribution in [0, 0.1) is 0 Å². The van der Waals surface area contributed by atoms with E-state index in [0.717, 1.165) is 0 Å². The maximum absolute atomic E-state index is 7.42. The van der Waals surface area contributed by atoms with Gasteiger partial charge in [-0.25, -0.2) is 0 Å². The van der Waals surface area contributed by atoms with Crippen molar-refractivity contribution in [2.24, 2.45) is 0 Å². The van der Waals surface area contributed by atoms with Crippen LogP contribution in [0.1, 0.15) is 31.9 Å². The van der Waals surface area contributed by atoms with Crippen LogP contribution in [0.5, 0.6) is 0 Å². The SMILES string of the molecule is [2H]C([2H])([2H])C([2H])([2H])C([2H])([2H])[C]([2H])([2H])[Sn]([Cl])([Cl])[Cl]. The van der Waals surface area contributed by atoms with E-state index in [9.17, 15) is 0 Å². The molecule has 0 aliphatic heterocycles. The minimum absolute atomic E-state index is 3.12. The van der Waals surface area contributed by atoms with Gasteiger partial charge >= 0.3 is 78.1 Å². The molecule has 0 rings (SSSR count). The summed E-state index contributed by atoms with van der Waals surface area (Å²) in [6, 6.07) is 0. The first-order chi connectivity index (χ1) is 7.00. The molecule has 0 heterocycles. The molecule has 0 aromatic carbocycles. The van der Waals surface area contributed by atoms with Gasteiger partial charge in [-0.3, -0.25) is 0 Å². The van der Waals surface area contributed by atoms with Gasteiger partial charge in [0.15, 0.2) is 0 Å². The van der Waals surface area contributed by atoms with Crippen molar-refractivity contribution in [1.29, 1.82) is 0 Å². The minimum atomic E-state index is -5.10. The fourth-order valence-corrected chi connectivity index (χ4v) is 1.64. The molecular formula is C4H9Cl3Sn. The van der Waals surface area contributed by atoms with Crippen molar-refractivity contribution < 1.29 is 12.3 Å². The summed E-state index contributed by atoms with van der Waals surface area (Å²) in [5.74, 6) is 0. The zero-order valence-electron chi connectivity index (χ0n) is 12.6. The third-order valence-corrected chi connectivity index (χ3v) is 3.33. The molecule has 0 aromatic heterocycles. The molecule has 0 saturated heterocycles. The topological polar surface area (TPSA) is 0 Å². The molecule has 0 saturated carbocycles. The molecule has 0 atom stereocenters. The van der Waals surface area contributed by atoms with Crippen LogP contribution in [-0.2, 0) is 0 Å². The van der Waals surface area contributed by atoms with Gasteiger partial charge in [0.1, 0.15) is 0 Å². The molecule has 0 aliphatic rings. The van der Waals surface area contributed by atoms with E-state index >= 15 is 0 Å². The van der Waals surface area contributed by atoms with Crippen molar-refractivity contribution in [3.05, 3.63) is 0 Å². The molecule has 0 nitrogen and oxygen atoms in total. The number of hydrogen-bond donors (Lipinski definition) is 0. The molecule has 0 bridgehead atoms. The van der Waals surface area contributed by atoms with Crippen LogP contribution in [0.2, 0.25) is 4.39 Å². The zero-order valence-corrected chi connectivity index (χ0v) is 8.76. The quantitative estimate of drug-likeness (QED) is 0.699. The van der Waals surface area contributed by atoms with Crippen molar-refractivity contribution in [2.75, 3.05) is 0 Å². The van der Waals surface area contributed by atoms with Gasteiger partial charge in [-0.2, -0.15) is 0 Å². The number of halogens is 3. The van der Waals surface area contributed by atoms with Gasteiger partial charge < -0.3 is 0 Å². The Morgan fingerprint density at radius 2 is 2.25 bits per heavy atom. The molecular weight excluding hydrogens is 273 g/mol. The Hall–Kier alpha value is 1.67. The van der Waals surface area contributed by atoms with Crippen LogP contribution >= 0.6 is 26.8 Å². The second-order valence-electron chi connectivity index (χ2n) is 0.873. The molecule has 0 N–H and O–H groups in total. The van der Waals surface area contributed by atoms with Crippen LogP contribution in [0.25, 0.3) is 0 Å². The summed E-state index contributed by atoms with van der Waals surface area (Å²) in [6.45, 7) is -3.37. The first-order valence-electron chi connectivity index (χ1n) is 6.07. The fourth-order valence-electron chi connectivity index (χ4n) is 0.102. The number of rotatable bonds is 3. The Kier molecular flexibility index (Phi) is 1.30. The summed E-state index contributed by atoms with van der Waals surface area (Å²) in [5, 5.41) is 0. The average Bonchev–Trinajstić information content (AvgIpc) is 1.98. The van der Waals surface area contributed by atoms with Crippen LogP contribution in [0.3, 0.4) is 0 Å². The van der Waals surface area contributed by atoms with E-state index in [1.165, 1.54) is 0 Å². The Bertz CT molecular complexity index is 264. The van der Waals surface area contributed by atoms with Gasteiger partial charge in [0, 0.05) is 0 Å². The Morgan fingerprint density at radius 3 is 2.62 bits per heavy atom. The Balaban J connectivity index is 5.73. The van der Waals surface area contributed by atoms with Gasteiger partial charge in [0.05, 0.1) is 0 Å². The van der Waals surface area contributed by atoms with Crippen LogP contribution < -0.4 is 0 Å². The van der Waals surface area contributed by atoms with E-state index in [-0.39, 0.29) is 0 Å². The van der Waals surface area contributed by atoms with Gasteiger partial charge in [-0.05, 0) is 0 Å². The van der Waals surface area contributed by atoms with Gasteiger partial charge in [-0.1, -0.05) is 0 Å². The van der Waals surface area contributed by atoms with E-state index in [4.69, 9.17) is 39.1 Å². The molecule has 4 heteroatoms. The summed E-state index contributed by atoms with van der Waals surface area (Å²) in [4.78, 5) is 0. The normalized spacial score (nSPS) is 35.6. The molecule has 50 valence electrons. The first-order valence-corrected chi connectivity index (χ1v) is 13.8. The molecule has 0 unspecified atom stereocenters. The summed E-state index contributed by atoms with van der Waals surface area (Å²) in [6.07, 6.45) is -6.91. The second-order valence-corrected chi connectivity index (χ2v) is 19.7. The maximum atomic E-state index is 7.42.